The molecule has 1 aromatic heterocycles. The van der Waals surface area contributed by atoms with Gasteiger partial charge in [-0.2, -0.15) is 0 Å². The molecule has 142 valence electrons. The number of halogens is 2. The lowest BCUT2D eigenvalue weighted by molar-refractivity contribution is 0.158. The van der Waals surface area contributed by atoms with Crippen LogP contribution in [-0.2, 0) is 12.4 Å². The number of aromatic nitrogens is 1. The van der Waals surface area contributed by atoms with Gasteiger partial charge in [0.2, 0.25) is 0 Å². The summed E-state index contributed by atoms with van der Waals surface area (Å²) in [6.07, 6.45) is 0. The zero-order valence-electron chi connectivity index (χ0n) is 15.5. The molecule has 0 bridgehead atoms. The Balaban J connectivity index is 1.50. The van der Waals surface area contributed by atoms with Crippen LogP contribution in [0.1, 0.15) is 25.0 Å². The van der Waals surface area contributed by atoms with Gasteiger partial charge in [0.25, 0.3) is 0 Å². The van der Waals surface area contributed by atoms with Crippen molar-refractivity contribution in [2.24, 2.45) is 0 Å². The number of thiazole rings is 1. The van der Waals surface area contributed by atoms with Crippen molar-refractivity contribution in [1.29, 1.82) is 0 Å². The fourth-order valence-electron chi connectivity index (χ4n) is 3.74. The average Bonchev–Trinajstić information content (AvgIpc) is 3.07. The lowest BCUT2D eigenvalue weighted by atomic mass is 10.1. The fourth-order valence-corrected chi connectivity index (χ4v) is 5.73. The van der Waals surface area contributed by atoms with Crippen molar-refractivity contribution in [2.75, 3.05) is 18.0 Å². The summed E-state index contributed by atoms with van der Waals surface area (Å²) in [5.74, 6) is 0.574. The molecule has 6 heteroatoms. The molecule has 0 aliphatic carbocycles. The molecule has 4 rings (SSSR count). The predicted molar refractivity (Wildman–Crippen MR) is 125 cm³/mol. The van der Waals surface area contributed by atoms with E-state index in [0.29, 0.717) is 18.0 Å². The van der Waals surface area contributed by atoms with E-state index in [2.05, 4.69) is 88.7 Å². The zero-order chi connectivity index (χ0) is 19.0. The largest absolute Gasteiger partial charge is 0.343 e. The highest BCUT2D eigenvalue weighted by Gasteiger charge is 2.30. The van der Waals surface area contributed by atoms with Crippen LogP contribution in [0.4, 0.5) is 5.13 Å². The molecular weight excluding hydrogens is 489 g/mol. The van der Waals surface area contributed by atoms with Crippen LogP contribution in [0.15, 0.2) is 42.5 Å². The lowest BCUT2D eigenvalue weighted by Crippen LogP contribution is -2.56. The van der Waals surface area contributed by atoms with Crippen LogP contribution in [0.2, 0.25) is 0 Å². The molecule has 1 aliphatic heterocycles. The van der Waals surface area contributed by atoms with Gasteiger partial charge in [0.05, 0.1) is 10.2 Å². The Hall–Kier alpha value is -0.890. The summed E-state index contributed by atoms with van der Waals surface area (Å²) in [7, 11) is 0. The first-order valence-corrected chi connectivity index (χ1v) is 11.7. The van der Waals surface area contributed by atoms with Crippen molar-refractivity contribution < 1.29 is 0 Å². The Labute approximate surface area is 183 Å². The van der Waals surface area contributed by atoms with Crippen molar-refractivity contribution in [3.8, 4) is 0 Å². The number of nitrogens with zero attached hydrogens (tertiary/aromatic N) is 3. The molecule has 0 N–H and O–H groups in total. The summed E-state index contributed by atoms with van der Waals surface area (Å²) in [4.78, 5) is 9.96. The quantitative estimate of drug-likeness (QED) is 0.329. The van der Waals surface area contributed by atoms with E-state index in [4.69, 9.17) is 16.6 Å². The first kappa shape index (κ1) is 19.4. The van der Waals surface area contributed by atoms with Gasteiger partial charge >= 0.3 is 0 Å². The zero-order valence-corrected chi connectivity index (χ0v) is 19.3. The molecule has 27 heavy (non-hydrogen) atoms. The predicted octanol–water partition coefficient (Wildman–Crippen LogP) is 5.74. The van der Waals surface area contributed by atoms with Crippen LogP contribution in [0.5, 0.6) is 0 Å². The molecule has 2 unspecified atom stereocenters. The van der Waals surface area contributed by atoms with Gasteiger partial charge in [0, 0.05) is 41.2 Å². The fraction of sp³-hybridized carbons (Fsp3) is 0.381. The molecule has 1 fully saturated rings. The van der Waals surface area contributed by atoms with Crippen LogP contribution >= 0.6 is 45.5 Å². The average molecular weight is 512 g/mol. The van der Waals surface area contributed by atoms with Gasteiger partial charge in [-0.05, 0) is 65.8 Å². The summed E-state index contributed by atoms with van der Waals surface area (Å²) in [5, 5.41) is 1.15. The second-order valence-corrected chi connectivity index (χ2v) is 9.86. The molecule has 2 atom stereocenters. The topological polar surface area (TPSA) is 19.4 Å². The highest BCUT2D eigenvalue weighted by Crippen LogP contribution is 2.33. The number of anilines is 1. The maximum Gasteiger partial charge on any atom is 0.186 e. The number of hydrogen-bond acceptors (Lipinski definition) is 4. The molecule has 0 saturated carbocycles. The van der Waals surface area contributed by atoms with Crippen molar-refractivity contribution >= 4 is 60.9 Å². The summed E-state index contributed by atoms with van der Waals surface area (Å²) in [6, 6.07) is 16.0. The molecular formula is C21H23ClIN3S. The van der Waals surface area contributed by atoms with Gasteiger partial charge in [-0.3, -0.25) is 4.90 Å². The summed E-state index contributed by atoms with van der Waals surface area (Å²) >= 11 is 10.2. The van der Waals surface area contributed by atoms with Crippen molar-refractivity contribution in [2.45, 2.75) is 38.4 Å². The van der Waals surface area contributed by atoms with Gasteiger partial charge in [0.15, 0.2) is 5.13 Å². The molecule has 2 heterocycles. The Morgan fingerprint density at radius 1 is 1.11 bits per heavy atom. The molecule has 2 aromatic carbocycles. The van der Waals surface area contributed by atoms with Crippen LogP contribution in [0, 0.1) is 3.57 Å². The molecule has 3 aromatic rings. The first-order valence-electron chi connectivity index (χ1n) is 9.24. The van der Waals surface area contributed by atoms with Crippen LogP contribution in [-0.4, -0.2) is 35.1 Å². The normalized spacial score (nSPS) is 21.1. The first-order chi connectivity index (χ1) is 13.0. The van der Waals surface area contributed by atoms with Gasteiger partial charge in [-0.25, -0.2) is 4.98 Å². The third-order valence-electron chi connectivity index (χ3n) is 5.23. The van der Waals surface area contributed by atoms with Gasteiger partial charge in [-0.1, -0.05) is 35.6 Å². The smallest absolute Gasteiger partial charge is 0.186 e. The molecule has 1 saturated heterocycles. The number of fused-ring (bicyclic) bond motifs is 1. The van der Waals surface area contributed by atoms with E-state index >= 15 is 0 Å². The van der Waals surface area contributed by atoms with Crippen LogP contribution in [0.3, 0.4) is 0 Å². The molecule has 0 radical (unpaired) electrons. The van der Waals surface area contributed by atoms with Gasteiger partial charge in [-0.15, -0.1) is 11.6 Å². The SMILES string of the molecule is CC1CN(c2nc3ccc(I)cc3s2)C(C)CN1Cc1cccc(CCl)c1. The third kappa shape index (κ3) is 4.26. The van der Waals surface area contributed by atoms with E-state index in [0.717, 1.165) is 30.3 Å². The van der Waals surface area contributed by atoms with E-state index in [-0.39, 0.29) is 0 Å². The Bertz CT molecular complexity index is 944. The van der Waals surface area contributed by atoms with Crippen molar-refractivity contribution in [1.82, 2.24) is 9.88 Å². The molecule has 0 amide bonds. The summed E-state index contributed by atoms with van der Waals surface area (Å²) in [6.45, 7) is 7.65. The number of benzene rings is 2. The van der Waals surface area contributed by atoms with Crippen LogP contribution in [0.25, 0.3) is 10.2 Å². The highest BCUT2D eigenvalue weighted by molar-refractivity contribution is 14.1. The summed E-state index contributed by atoms with van der Waals surface area (Å²) < 4.78 is 2.54. The second kappa shape index (κ2) is 8.23. The molecule has 1 aliphatic rings. The second-order valence-electron chi connectivity index (χ2n) is 7.34. The molecule has 3 nitrogen and oxygen atoms in total. The molecule has 0 spiro atoms. The van der Waals surface area contributed by atoms with E-state index < -0.39 is 0 Å². The number of hydrogen-bond donors (Lipinski definition) is 0. The van der Waals surface area contributed by atoms with E-state index in [1.54, 1.807) is 0 Å². The third-order valence-corrected chi connectivity index (χ3v) is 7.27. The minimum atomic E-state index is 0.442. The number of rotatable bonds is 4. The monoisotopic (exact) mass is 511 g/mol. The minimum absolute atomic E-state index is 0.442. The minimum Gasteiger partial charge on any atom is -0.343 e. The Kier molecular flexibility index (Phi) is 5.92. The van der Waals surface area contributed by atoms with E-state index in [1.165, 1.54) is 19.4 Å². The van der Waals surface area contributed by atoms with E-state index in [9.17, 15) is 0 Å². The maximum absolute atomic E-state index is 6.00. The standard InChI is InChI=1S/C21H23ClIN3S/c1-14-12-26(21-24-19-7-6-18(23)9-20(19)27-21)15(2)11-25(14)13-17-5-3-4-16(8-17)10-22/h3-9,14-15H,10-13H2,1-2H3. The van der Waals surface area contributed by atoms with E-state index in [1.807, 2.05) is 11.3 Å². The highest BCUT2D eigenvalue weighted by atomic mass is 127. The van der Waals surface area contributed by atoms with Gasteiger partial charge in [0.1, 0.15) is 0 Å². The van der Waals surface area contributed by atoms with Crippen molar-refractivity contribution in [3.05, 3.63) is 57.2 Å². The Morgan fingerprint density at radius 3 is 2.74 bits per heavy atom. The Morgan fingerprint density at radius 2 is 1.93 bits per heavy atom. The number of alkyl halides is 1. The maximum atomic E-state index is 6.00. The van der Waals surface area contributed by atoms with Gasteiger partial charge < -0.3 is 4.90 Å². The lowest BCUT2D eigenvalue weighted by Gasteiger charge is -2.44. The van der Waals surface area contributed by atoms with Crippen LogP contribution < -0.4 is 4.90 Å². The summed E-state index contributed by atoms with van der Waals surface area (Å²) in [5.41, 5.74) is 3.64. The number of piperazine rings is 1. The van der Waals surface area contributed by atoms with Crippen molar-refractivity contribution in [3.63, 3.8) is 0 Å².